The number of rotatable bonds is 4. The first-order valence-electron chi connectivity index (χ1n) is 9.06. The van der Waals surface area contributed by atoms with Crippen molar-refractivity contribution in [1.82, 2.24) is 20.2 Å². The van der Waals surface area contributed by atoms with Crippen LogP contribution in [0, 0.1) is 5.92 Å². The van der Waals surface area contributed by atoms with Gasteiger partial charge in [0.25, 0.3) is 0 Å². The van der Waals surface area contributed by atoms with Crippen LogP contribution in [0.15, 0.2) is 12.4 Å². The average molecular weight is 346 g/mol. The highest BCUT2D eigenvalue weighted by molar-refractivity contribution is 5.79. The van der Waals surface area contributed by atoms with Gasteiger partial charge in [0.2, 0.25) is 11.8 Å². The van der Waals surface area contributed by atoms with E-state index < -0.39 is 0 Å². The molecular weight excluding hydrogens is 320 g/mol. The molecule has 0 radical (unpaired) electrons. The Kier molecular flexibility index (Phi) is 5.96. The number of hydrogen-bond acceptors (Lipinski definition) is 5. The second kappa shape index (κ2) is 8.38. The molecule has 0 saturated carbocycles. The van der Waals surface area contributed by atoms with Crippen LogP contribution in [0.2, 0.25) is 0 Å². The van der Waals surface area contributed by atoms with Gasteiger partial charge in [-0.15, -0.1) is 0 Å². The molecule has 2 amide bonds. The maximum Gasteiger partial charge on any atom is 0.228 e. The van der Waals surface area contributed by atoms with Crippen molar-refractivity contribution in [2.75, 3.05) is 26.3 Å². The standard InChI is InChI=1S/C18H26N4O3/c1-13(23)21-11-16-17(20-7-6-19-16)14-4-8-22(9-5-14)18(24)15-3-2-10-25-12-15/h6-7,14-15H,2-5,8-12H2,1H3,(H,21,23)/t15-/m0/s1. The van der Waals surface area contributed by atoms with Crippen LogP contribution in [0.25, 0.3) is 0 Å². The van der Waals surface area contributed by atoms with Crippen LogP contribution in [0.4, 0.5) is 0 Å². The average Bonchev–Trinajstić information content (AvgIpc) is 2.67. The van der Waals surface area contributed by atoms with Gasteiger partial charge >= 0.3 is 0 Å². The first-order valence-corrected chi connectivity index (χ1v) is 9.06. The Balaban J connectivity index is 1.58. The van der Waals surface area contributed by atoms with Crippen LogP contribution >= 0.6 is 0 Å². The smallest absolute Gasteiger partial charge is 0.228 e. The highest BCUT2D eigenvalue weighted by Crippen LogP contribution is 2.29. The summed E-state index contributed by atoms with van der Waals surface area (Å²) in [7, 11) is 0. The third kappa shape index (κ3) is 4.54. The fraction of sp³-hybridized carbons (Fsp3) is 0.667. The summed E-state index contributed by atoms with van der Waals surface area (Å²) < 4.78 is 5.45. The summed E-state index contributed by atoms with van der Waals surface area (Å²) in [6, 6.07) is 0. The van der Waals surface area contributed by atoms with E-state index in [9.17, 15) is 9.59 Å². The van der Waals surface area contributed by atoms with Gasteiger partial charge in [-0.25, -0.2) is 0 Å². The highest BCUT2D eigenvalue weighted by Gasteiger charge is 2.31. The van der Waals surface area contributed by atoms with Crippen LogP contribution < -0.4 is 5.32 Å². The molecular formula is C18H26N4O3. The van der Waals surface area contributed by atoms with Crippen LogP contribution in [0.3, 0.4) is 0 Å². The molecule has 7 nitrogen and oxygen atoms in total. The number of nitrogens with zero attached hydrogens (tertiary/aromatic N) is 3. The second-order valence-electron chi connectivity index (χ2n) is 6.81. The molecule has 1 atom stereocenters. The normalized spacial score (nSPS) is 21.8. The molecule has 136 valence electrons. The fourth-order valence-corrected chi connectivity index (χ4v) is 3.63. The molecule has 3 heterocycles. The lowest BCUT2D eigenvalue weighted by atomic mass is 9.90. The van der Waals surface area contributed by atoms with Gasteiger partial charge in [0, 0.05) is 44.9 Å². The minimum atomic E-state index is -0.0771. The van der Waals surface area contributed by atoms with Gasteiger partial charge in [0.15, 0.2) is 0 Å². The number of nitrogens with one attached hydrogen (secondary N) is 1. The van der Waals surface area contributed by atoms with Gasteiger partial charge in [0.05, 0.1) is 30.5 Å². The molecule has 0 bridgehead atoms. The lowest BCUT2D eigenvalue weighted by Crippen LogP contribution is -2.43. The zero-order chi connectivity index (χ0) is 17.6. The lowest BCUT2D eigenvalue weighted by molar-refractivity contribution is -0.140. The third-order valence-electron chi connectivity index (χ3n) is 5.01. The van der Waals surface area contributed by atoms with E-state index >= 15 is 0 Å². The molecule has 0 aromatic carbocycles. The summed E-state index contributed by atoms with van der Waals surface area (Å²) in [5.74, 6) is 0.462. The Morgan fingerprint density at radius 1 is 1.24 bits per heavy atom. The molecule has 3 rings (SSSR count). The number of hydrogen-bond donors (Lipinski definition) is 1. The Morgan fingerprint density at radius 2 is 2.00 bits per heavy atom. The quantitative estimate of drug-likeness (QED) is 0.887. The van der Waals surface area contributed by atoms with E-state index in [1.165, 1.54) is 6.92 Å². The molecule has 2 aliphatic rings. The molecule has 1 N–H and O–H groups in total. The van der Waals surface area contributed by atoms with Crippen LogP contribution in [-0.2, 0) is 20.9 Å². The molecule has 0 aliphatic carbocycles. The fourth-order valence-electron chi connectivity index (χ4n) is 3.63. The van der Waals surface area contributed by atoms with Gasteiger partial charge in [-0.1, -0.05) is 0 Å². The van der Waals surface area contributed by atoms with Crippen LogP contribution in [0.1, 0.15) is 49.9 Å². The number of likely N-dealkylation sites (tertiary alicyclic amines) is 1. The maximum absolute atomic E-state index is 12.6. The van der Waals surface area contributed by atoms with Crippen LogP contribution in [-0.4, -0.2) is 53.0 Å². The number of carbonyl (C=O) groups is 2. The summed E-state index contributed by atoms with van der Waals surface area (Å²) in [4.78, 5) is 34.6. The van der Waals surface area contributed by atoms with Crippen molar-refractivity contribution < 1.29 is 14.3 Å². The van der Waals surface area contributed by atoms with Gasteiger partial charge in [-0.05, 0) is 25.7 Å². The summed E-state index contributed by atoms with van der Waals surface area (Å²) in [5.41, 5.74) is 1.77. The van der Waals surface area contributed by atoms with Crippen molar-refractivity contribution in [1.29, 1.82) is 0 Å². The van der Waals surface area contributed by atoms with E-state index in [0.717, 1.165) is 56.8 Å². The molecule has 0 spiro atoms. The number of ether oxygens (including phenoxy) is 1. The molecule has 2 saturated heterocycles. The van der Waals surface area contributed by atoms with Gasteiger partial charge < -0.3 is 15.0 Å². The van der Waals surface area contributed by atoms with E-state index in [2.05, 4.69) is 15.3 Å². The Bertz CT molecular complexity index is 608. The predicted octanol–water partition coefficient (Wildman–Crippen LogP) is 1.25. The SMILES string of the molecule is CC(=O)NCc1nccnc1C1CCN(C(=O)[C@H]2CCCOC2)CC1. The minimum Gasteiger partial charge on any atom is -0.381 e. The number of aromatic nitrogens is 2. The van der Waals surface area contributed by atoms with E-state index in [4.69, 9.17) is 4.74 Å². The van der Waals surface area contributed by atoms with E-state index in [-0.39, 0.29) is 23.7 Å². The monoisotopic (exact) mass is 346 g/mol. The van der Waals surface area contributed by atoms with Gasteiger partial charge in [-0.3, -0.25) is 19.6 Å². The molecule has 7 heteroatoms. The Hall–Kier alpha value is -2.02. The lowest BCUT2D eigenvalue weighted by Gasteiger charge is -2.35. The first kappa shape index (κ1) is 17.8. The molecule has 1 aromatic heterocycles. The Morgan fingerprint density at radius 3 is 2.68 bits per heavy atom. The molecule has 1 aromatic rings. The molecule has 2 fully saturated rings. The minimum absolute atomic E-state index is 0.0251. The maximum atomic E-state index is 12.6. The zero-order valence-electron chi connectivity index (χ0n) is 14.7. The first-order chi connectivity index (χ1) is 12.1. The number of amides is 2. The molecule has 2 aliphatic heterocycles. The predicted molar refractivity (Wildman–Crippen MR) is 91.7 cm³/mol. The summed E-state index contributed by atoms with van der Waals surface area (Å²) in [6.45, 7) is 4.72. The van der Waals surface area contributed by atoms with E-state index in [0.29, 0.717) is 13.2 Å². The van der Waals surface area contributed by atoms with Crippen LogP contribution in [0.5, 0.6) is 0 Å². The number of carbonyl (C=O) groups excluding carboxylic acids is 2. The van der Waals surface area contributed by atoms with Crippen molar-refractivity contribution >= 4 is 11.8 Å². The number of piperidine rings is 1. The topological polar surface area (TPSA) is 84.4 Å². The molecule has 25 heavy (non-hydrogen) atoms. The largest absolute Gasteiger partial charge is 0.381 e. The van der Waals surface area contributed by atoms with Gasteiger partial charge in [0.1, 0.15) is 0 Å². The van der Waals surface area contributed by atoms with Crippen molar-refractivity contribution in [2.24, 2.45) is 5.92 Å². The molecule has 0 unspecified atom stereocenters. The Labute approximate surface area is 148 Å². The zero-order valence-corrected chi connectivity index (χ0v) is 14.7. The van der Waals surface area contributed by atoms with Crippen molar-refractivity contribution in [3.8, 4) is 0 Å². The third-order valence-corrected chi connectivity index (χ3v) is 5.01. The van der Waals surface area contributed by atoms with Crippen molar-refractivity contribution in [2.45, 2.75) is 45.1 Å². The summed E-state index contributed by atoms with van der Waals surface area (Å²) in [5, 5.41) is 2.79. The summed E-state index contributed by atoms with van der Waals surface area (Å²) in [6.07, 6.45) is 7.02. The van der Waals surface area contributed by atoms with E-state index in [1.54, 1.807) is 12.4 Å². The van der Waals surface area contributed by atoms with Crippen molar-refractivity contribution in [3.63, 3.8) is 0 Å². The van der Waals surface area contributed by atoms with Gasteiger partial charge in [-0.2, -0.15) is 0 Å². The second-order valence-corrected chi connectivity index (χ2v) is 6.81. The highest BCUT2D eigenvalue weighted by atomic mass is 16.5. The van der Waals surface area contributed by atoms with E-state index in [1.807, 2.05) is 4.90 Å². The summed E-state index contributed by atoms with van der Waals surface area (Å²) >= 11 is 0. The van der Waals surface area contributed by atoms with Crippen molar-refractivity contribution in [3.05, 3.63) is 23.8 Å².